The third-order valence-electron chi connectivity index (χ3n) is 3.84. The molecular formula is C14H15Cl3N2. The Bertz CT molecular complexity index is 615. The molecule has 1 saturated carbocycles. The summed E-state index contributed by atoms with van der Waals surface area (Å²) in [4.78, 5) is 4.61. The van der Waals surface area contributed by atoms with E-state index in [2.05, 4.69) is 9.55 Å². The Morgan fingerprint density at radius 3 is 2.58 bits per heavy atom. The van der Waals surface area contributed by atoms with Crippen LogP contribution in [0.4, 0.5) is 0 Å². The summed E-state index contributed by atoms with van der Waals surface area (Å²) in [5, 5.41) is 0.985. The Balaban J connectivity index is 2.13. The molecule has 2 aromatic rings. The Morgan fingerprint density at radius 2 is 2.00 bits per heavy atom. The predicted octanol–water partition coefficient (Wildman–Crippen LogP) is 5.44. The zero-order valence-corrected chi connectivity index (χ0v) is 12.9. The van der Waals surface area contributed by atoms with Crippen molar-refractivity contribution in [3.8, 4) is 0 Å². The van der Waals surface area contributed by atoms with Crippen molar-refractivity contribution in [1.29, 1.82) is 0 Å². The van der Waals surface area contributed by atoms with E-state index in [-0.39, 0.29) is 5.38 Å². The number of imidazole rings is 1. The van der Waals surface area contributed by atoms with E-state index < -0.39 is 0 Å². The summed E-state index contributed by atoms with van der Waals surface area (Å²) in [5.74, 6) is 1.64. The highest BCUT2D eigenvalue weighted by Crippen LogP contribution is 2.34. The maximum atomic E-state index is 6.25. The second-order valence-corrected chi connectivity index (χ2v) is 6.72. The number of halogens is 3. The van der Waals surface area contributed by atoms with E-state index in [4.69, 9.17) is 34.8 Å². The fourth-order valence-corrected chi connectivity index (χ4v) is 3.05. The maximum Gasteiger partial charge on any atom is 0.127 e. The van der Waals surface area contributed by atoms with Gasteiger partial charge in [0.1, 0.15) is 5.82 Å². The number of aromatic nitrogens is 2. The lowest BCUT2D eigenvalue weighted by Gasteiger charge is -2.27. The van der Waals surface area contributed by atoms with E-state index in [9.17, 15) is 0 Å². The van der Waals surface area contributed by atoms with Crippen molar-refractivity contribution in [2.45, 2.75) is 38.1 Å². The van der Waals surface area contributed by atoms with Crippen LogP contribution in [0.25, 0.3) is 11.0 Å². The van der Waals surface area contributed by atoms with Gasteiger partial charge in [-0.2, -0.15) is 0 Å². The quantitative estimate of drug-likeness (QED) is 0.689. The molecule has 1 atom stereocenters. The van der Waals surface area contributed by atoms with Gasteiger partial charge in [0.25, 0.3) is 0 Å². The van der Waals surface area contributed by atoms with Crippen LogP contribution in [0.5, 0.6) is 0 Å². The van der Waals surface area contributed by atoms with Gasteiger partial charge in [-0.25, -0.2) is 4.98 Å². The number of nitrogens with zero attached hydrogens (tertiary/aromatic N) is 2. The molecule has 19 heavy (non-hydrogen) atoms. The smallest absolute Gasteiger partial charge is 0.127 e. The Labute approximate surface area is 127 Å². The van der Waals surface area contributed by atoms with Crippen molar-refractivity contribution < 1.29 is 0 Å². The Morgan fingerprint density at radius 1 is 1.32 bits per heavy atom. The molecule has 1 unspecified atom stereocenters. The molecule has 102 valence electrons. The number of hydrogen-bond acceptors (Lipinski definition) is 1. The minimum absolute atomic E-state index is 0.120. The van der Waals surface area contributed by atoms with Gasteiger partial charge in [-0.3, -0.25) is 0 Å². The summed E-state index contributed by atoms with van der Waals surface area (Å²) in [6.07, 6.45) is 3.91. The van der Waals surface area contributed by atoms with Crippen molar-refractivity contribution in [3.05, 3.63) is 28.0 Å². The lowest BCUT2D eigenvalue weighted by Crippen LogP contribution is -2.19. The van der Waals surface area contributed by atoms with E-state index >= 15 is 0 Å². The zero-order valence-electron chi connectivity index (χ0n) is 10.7. The van der Waals surface area contributed by atoms with Crippen LogP contribution in [-0.2, 0) is 6.54 Å². The van der Waals surface area contributed by atoms with Crippen LogP contribution < -0.4 is 0 Å². The molecule has 1 aromatic carbocycles. The maximum absolute atomic E-state index is 6.25. The van der Waals surface area contributed by atoms with Crippen molar-refractivity contribution in [2.75, 3.05) is 0 Å². The van der Waals surface area contributed by atoms with E-state index in [1.165, 1.54) is 19.3 Å². The molecule has 3 rings (SSSR count). The zero-order chi connectivity index (χ0) is 13.6. The number of hydrogen-bond donors (Lipinski definition) is 0. The van der Waals surface area contributed by atoms with Crippen LogP contribution in [0.2, 0.25) is 10.0 Å². The molecule has 1 aliphatic rings. The van der Waals surface area contributed by atoms with E-state index in [0.29, 0.717) is 10.0 Å². The first-order valence-corrected chi connectivity index (χ1v) is 7.74. The molecule has 1 aliphatic carbocycles. The summed E-state index contributed by atoms with van der Waals surface area (Å²) in [7, 11) is 0. The fraction of sp³-hybridized carbons (Fsp3) is 0.500. The fourth-order valence-electron chi connectivity index (χ4n) is 2.57. The van der Waals surface area contributed by atoms with Gasteiger partial charge >= 0.3 is 0 Å². The number of fused-ring (bicyclic) bond motifs is 1. The molecule has 0 amide bonds. The molecule has 0 spiro atoms. The van der Waals surface area contributed by atoms with E-state index in [0.717, 1.165) is 29.3 Å². The van der Waals surface area contributed by atoms with Crippen molar-refractivity contribution >= 4 is 45.8 Å². The summed E-state index contributed by atoms with van der Waals surface area (Å²) in [6.45, 7) is 2.92. The SMILES string of the molecule is CC(Cl)c1nc2cc(Cl)c(Cl)cc2n1CC1CCC1. The van der Waals surface area contributed by atoms with Gasteiger partial charge < -0.3 is 4.57 Å². The highest BCUT2D eigenvalue weighted by atomic mass is 35.5. The summed E-state index contributed by atoms with van der Waals surface area (Å²) >= 11 is 18.4. The summed E-state index contributed by atoms with van der Waals surface area (Å²) in [6, 6.07) is 3.72. The first-order chi connectivity index (χ1) is 9.06. The lowest BCUT2D eigenvalue weighted by atomic mass is 9.85. The van der Waals surface area contributed by atoms with Crippen LogP contribution in [0.1, 0.15) is 37.4 Å². The Hall–Kier alpha value is -0.440. The second-order valence-electron chi connectivity index (χ2n) is 5.25. The van der Waals surface area contributed by atoms with Crippen molar-refractivity contribution in [3.63, 3.8) is 0 Å². The van der Waals surface area contributed by atoms with Gasteiger partial charge in [0, 0.05) is 6.54 Å². The molecule has 0 saturated heterocycles. The number of alkyl halides is 1. The molecule has 1 heterocycles. The summed E-state index contributed by atoms with van der Waals surface area (Å²) in [5.41, 5.74) is 1.90. The van der Waals surface area contributed by atoms with Gasteiger partial charge in [-0.05, 0) is 37.8 Å². The van der Waals surface area contributed by atoms with Crippen LogP contribution in [0.3, 0.4) is 0 Å². The molecule has 0 bridgehead atoms. The van der Waals surface area contributed by atoms with Crippen molar-refractivity contribution in [2.24, 2.45) is 5.92 Å². The molecule has 0 aliphatic heterocycles. The molecule has 0 N–H and O–H groups in total. The molecule has 2 nitrogen and oxygen atoms in total. The van der Waals surface area contributed by atoms with E-state index in [1.54, 1.807) is 0 Å². The minimum Gasteiger partial charge on any atom is -0.326 e. The Kier molecular flexibility index (Phi) is 3.67. The predicted molar refractivity (Wildman–Crippen MR) is 81.4 cm³/mol. The highest BCUT2D eigenvalue weighted by Gasteiger charge is 2.23. The normalized spacial score (nSPS) is 17.7. The lowest BCUT2D eigenvalue weighted by molar-refractivity contribution is 0.276. The number of rotatable bonds is 3. The molecule has 0 radical (unpaired) electrons. The summed E-state index contributed by atoms with van der Waals surface area (Å²) < 4.78 is 2.21. The van der Waals surface area contributed by atoms with Gasteiger partial charge in [-0.15, -0.1) is 11.6 Å². The standard InChI is InChI=1S/C14H15Cl3N2/c1-8(15)14-18-12-5-10(16)11(17)6-13(12)19(14)7-9-3-2-4-9/h5-6,8-9H,2-4,7H2,1H3. The average molecular weight is 318 g/mol. The molecule has 1 fully saturated rings. The van der Waals surface area contributed by atoms with Crippen LogP contribution >= 0.6 is 34.8 Å². The monoisotopic (exact) mass is 316 g/mol. The largest absolute Gasteiger partial charge is 0.326 e. The topological polar surface area (TPSA) is 17.8 Å². The van der Waals surface area contributed by atoms with Gasteiger partial charge in [0.15, 0.2) is 0 Å². The van der Waals surface area contributed by atoms with Crippen molar-refractivity contribution in [1.82, 2.24) is 9.55 Å². The van der Waals surface area contributed by atoms with Crippen LogP contribution in [0, 0.1) is 5.92 Å². The van der Waals surface area contributed by atoms with Gasteiger partial charge in [0.2, 0.25) is 0 Å². The minimum atomic E-state index is -0.120. The second kappa shape index (κ2) is 5.16. The number of benzene rings is 1. The van der Waals surface area contributed by atoms with Crippen LogP contribution in [0.15, 0.2) is 12.1 Å². The van der Waals surface area contributed by atoms with E-state index in [1.807, 2.05) is 19.1 Å². The van der Waals surface area contributed by atoms with Gasteiger partial charge in [0.05, 0.1) is 26.5 Å². The first-order valence-electron chi connectivity index (χ1n) is 6.55. The molecule has 5 heteroatoms. The third-order valence-corrected chi connectivity index (χ3v) is 4.76. The third kappa shape index (κ3) is 2.46. The highest BCUT2D eigenvalue weighted by molar-refractivity contribution is 6.42. The van der Waals surface area contributed by atoms with Crippen LogP contribution in [-0.4, -0.2) is 9.55 Å². The first kappa shape index (κ1) is 13.5. The molecular weight excluding hydrogens is 303 g/mol. The average Bonchev–Trinajstić information content (AvgIpc) is 2.63. The molecule has 1 aromatic heterocycles. The van der Waals surface area contributed by atoms with Gasteiger partial charge in [-0.1, -0.05) is 29.6 Å².